The van der Waals surface area contributed by atoms with E-state index >= 15 is 0 Å². The molecule has 0 atom stereocenters. The van der Waals surface area contributed by atoms with Crippen LogP contribution in [-0.2, 0) is 0 Å². The number of nitrogens with zero attached hydrogens (tertiary/aromatic N) is 3. The number of rotatable bonds is 4. The fourth-order valence-corrected chi connectivity index (χ4v) is 5.32. The Morgan fingerprint density at radius 2 is 1.79 bits per heavy atom. The molecule has 3 aromatic rings. The van der Waals surface area contributed by atoms with Crippen LogP contribution in [0.2, 0.25) is 0 Å². The molecule has 0 spiro atoms. The van der Waals surface area contributed by atoms with Crippen molar-refractivity contribution in [1.29, 1.82) is 0 Å². The van der Waals surface area contributed by atoms with Crippen molar-refractivity contribution in [3.8, 4) is 11.1 Å². The van der Waals surface area contributed by atoms with Gasteiger partial charge in [0.05, 0.1) is 6.34 Å². The van der Waals surface area contributed by atoms with Crippen molar-refractivity contribution in [2.75, 3.05) is 26.2 Å². The number of carboxylic acids is 1. The molecular weight excluding hydrogens is 432 g/mol. The van der Waals surface area contributed by atoms with Gasteiger partial charge in [-0.1, -0.05) is 36.8 Å². The van der Waals surface area contributed by atoms with Gasteiger partial charge in [0.1, 0.15) is 15.4 Å². The molecule has 1 aromatic carbocycles. The largest absolute Gasteiger partial charge is 0.477 e. The Labute approximate surface area is 199 Å². The highest BCUT2D eigenvalue weighted by Crippen LogP contribution is 2.42. The summed E-state index contributed by atoms with van der Waals surface area (Å²) in [6.45, 7) is 6.37. The molecule has 2 fully saturated rings. The predicted molar refractivity (Wildman–Crippen MR) is 137 cm³/mol. The monoisotopic (exact) mass is 464 g/mol. The van der Waals surface area contributed by atoms with Crippen LogP contribution in [-0.4, -0.2) is 53.5 Å². The first-order valence-corrected chi connectivity index (χ1v) is 12.7. The van der Waals surface area contributed by atoms with Crippen molar-refractivity contribution in [3.63, 3.8) is 0 Å². The van der Waals surface area contributed by atoms with Gasteiger partial charge in [0.2, 0.25) is 0 Å². The number of pyridine rings is 1. The number of carboxylic acid groups (broad SMARTS) is 1. The quantitative estimate of drug-likeness (QED) is 0.373. The van der Waals surface area contributed by atoms with E-state index in [-0.39, 0.29) is 4.88 Å². The molecule has 33 heavy (non-hydrogen) atoms. The molecule has 0 unspecified atom stereocenters. The van der Waals surface area contributed by atoms with E-state index in [1.165, 1.54) is 50.1 Å². The molecule has 2 aromatic heterocycles. The molecular formula is C26H32N4O2S. The first kappa shape index (κ1) is 23.4. The minimum atomic E-state index is -0.958. The molecule has 6 nitrogen and oxygen atoms in total. The van der Waals surface area contributed by atoms with Gasteiger partial charge in [-0.3, -0.25) is 0 Å². The molecule has 0 bridgehead atoms. The second-order valence-corrected chi connectivity index (χ2v) is 9.59. The lowest BCUT2D eigenvalue weighted by molar-refractivity contribution is 0.0703. The number of piperidine rings is 2. The number of aromatic nitrogens is 1. The summed E-state index contributed by atoms with van der Waals surface area (Å²) < 4.78 is 0. The Kier molecular flexibility index (Phi) is 8.07. The third-order valence-electron chi connectivity index (χ3n) is 5.99. The Bertz CT molecular complexity index is 1090. The Morgan fingerprint density at radius 1 is 1.09 bits per heavy atom. The maximum Gasteiger partial charge on any atom is 0.348 e. The van der Waals surface area contributed by atoms with E-state index in [4.69, 9.17) is 0 Å². The van der Waals surface area contributed by atoms with E-state index < -0.39 is 5.97 Å². The van der Waals surface area contributed by atoms with E-state index in [0.717, 1.165) is 53.0 Å². The van der Waals surface area contributed by atoms with Crippen LogP contribution in [0.4, 0.5) is 5.69 Å². The number of aliphatic imine (C=N–C) groups is 1. The SMILES string of the molecule is C1CCNCC1.Cc1cc(-c2ccccc2)c2c(N=CN3CCCCC3)c(C(=O)O)sc2n1. The van der Waals surface area contributed by atoms with E-state index in [9.17, 15) is 9.90 Å². The number of aromatic carboxylic acids is 1. The number of aryl methyl sites for hydroxylation is 1. The first-order chi connectivity index (χ1) is 16.1. The molecule has 2 aliphatic heterocycles. The van der Waals surface area contributed by atoms with Crippen molar-refractivity contribution < 1.29 is 9.90 Å². The average molecular weight is 465 g/mol. The van der Waals surface area contributed by atoms with Crippen molar-refractivity contribution in [2.45, 2.75) is 45.4 Å². The Balaban J connectivity index is 0.000000376. The van der Waals surface area contributed by atoms with E-state index in [2.05, 4.69) is 20.2 Å². The van der Waals surface area contributed by atoms with Crippen LogP contribution in [0.25, 0.3) is 21.3 Å². The minimum absolute atomic E-state index is 0.244. The van der Waals surface area contributed by atoms with E-state index in [0.29, 0.717) is 5.69 Å². The average Bonchev–Trinajstić information content (AvgIpc) is 3.23. The summed E-state index contributed by atoms with van der Waals surface area (Å²) in [4.78, 5) is 24.2. The van der Waals surface area contributed by atoms with Crippen LogP contribution < -0.4 is 5.32 Å². The van der Waals surface area contributed by atoms with Crippen molar-refractivity contribution in [3.05, 3.63) is 47.0 Å². The third kappa shape index (κ3) is 5.97. The lowest BCUT2D eigenvalue weighted by Crippen LogP contribution is -2.28. The number of likely N-dealkylation sites (tertiary alicyclic amines) is 1. The second-order valence-electron chi connectivity index (χ2n) is 8.59. The van der Waals surface area contributed by atoms with Gasteiger partial charge >= 0.3 is 5.97 Å². The van der Waals surface area contributed by atoms with Crippen molar-refractivity contribution in [2.24, 2.45) is 4.99 Å². The van der Waals surface area contributed by atoms with Gasteiger partial charge in [0.25, 0.3) is 0 Å². The molecule has 5 rings (SSSR count). The van der Waals surface area contributed by atoms with E-state index in [1.54, 1.807) is 0 Å². The van der Waals surface area contributed by atoms with Gasteiger partial charge in [-0.15, -0.1) is 11.3 Å². The number of carbonyl (C=O) groups is 1. The zero-order valence-corrected chi connectivity index (χ0v) is 20.0. The fraction of sp³-hybridized carbons (Fsp3) is 0.423. The minimum Gasteiger partial charge on any atom is -0.477 e. The van der Waals surface area contributed by atoms with Crippen LogP contribution in [0.1, 0.15) is 53.9 Å². The fourth-order valence-electron chi connectivity index (χ4n) is 4.29. The summed E-state index contributed by atoms with van der Waals surface area (Å²) in [6.07, 6.45) is 9.57. The molecule has 0 radical (unpaired) electrons. The van der Waals surface area contributed by atoms with Crippen LogP contribution in [0.15, 0.2) is 41.4 Å². The topological polar surface area (TPSA) is 77.8 Å². The maximum absolute atomic E-state index is 11.9. The summed E-state index contributed by atoms with van der Waals surface area (Å²) in [6, 6.07) is 12.0. The van der Waals surface area contributed by atoms with Crippen LogP contribution in [0.5, 0.6) is 0 Å². The first-order valence-electron chi connectivity index (χ1n) is 11.9. The number of fused-ring (bicyclic) bond motifs is 1. The summed E-state index contributed by atoms with van der Waals surface area (Å²) in [5.74, 6) is -0.958. The van der Waals surface area contributed by atoms with Crippen molar-refractivity contribution >= 4 is 39.5 Å². The van der Waals surface area contributed by atoms with Gasteiger partial charge in [-0.25, -0.2) is 14.8 Å². The normalized spacial score (nSPS) is 16.6. The summed E-state index contributed by atoms with van der Waals surface area (Å²) >= 11 is 1.20. The molecule has 0 aliphatic carbocycles. The number of hydrogen-bond acceptors (Lipinski definition) is 5. The standard InChI is InChI=1S/C21H21N3O2S.C5H11N/c1-14-12-16(15-8-4-2-5-9-15)17-18(19(21(25)26)27-20(17)23-14)22-13-24-10-6-3-7-11-24;1-2-4-6-5-3-1/h2,4-5,8-9,12-13H,3,6-7,10-11H2,1H3,(H,25,26);6H,1-5H2. The van der Waals surface area contributed by atoms with Crippen LogP contribution in [0.3, 0.4) is 0 Å². The van der Waals surface area contributed by atoms with Crippen LogP contribution in [0, 0.1) is 6.92 Å². The Hall–Kier alpha value is -2.77. The highest BCUT2D eigenvalue weighted by Gasteiger charge is 2.22. The van der Waals surface area contributed by atoms with Crippen molar-refractivity contribution in [1.82, 2.24) is 15.2 Å². The number of benzene rings is 1. The van der Waals surface area contributed by atoms with Crippen LogP contribution >= 0.6 is 11.3 Å². The summed E-state index contributed by atoms with van der Waals surface area (Å²) in [5.41, 5.74) is 3.40. The van der Waals surface area contributed by atoms with E-state index in [1.807, 2.05) is 49.7 Å². The zero-order valence-electron chi connectivity index (χ0n) is 19.2. The van der Waals surface area contributed by atoms with Gasteiger partial charge in [0.15, 0.2) is 0 Å². The lowest BCUT2D eigenvalue weighted by Gasteiger charge is -2.23. The van der Waals surface area contributed by atoms with Gasteiger partial charge in [0, 0.05) is 24.2 Å². The molecule has 7 heteroatoms. The molecule has 2 saturated heterocycles. The summed E-state index contributed by atoms with van der Waals surface area (Å²) in [7, 11) is 0. The highest BCUT2D eigenvalue weighted by molar-refractivity contribution is 7.21. The molecule has 0 amide bonds. The molecule has 2 aliphatic rings. The second kappa shape index (κ2) is 11.4. The van der Waals surface area contributed by atoms with Gasteiger partial charge in [-0.2, -0.15) is 0 Å². The molecule has 2 N–H and O–H groups in total. The highest BCUT2D eigenvalue weighted by atomic mass is 32.1. The zero-order chi connectivity index (χ0) is 23.0. The summed E-state index contributed by atoms with van der Waals surface area (Å²) in [5, 5.41) is 13.8. The Morgan fingerprint density at radius 3 is 2.39 bits per heavy atom. The van der Waals surface area contributed by atoms with Gasteiger partial charge < -0.3 is 15.3 Å². The number of thiophene rings is 1. The van der Waals surface area contributed by atoms with Gasteiger partial charge in [-0.05, 0) is 69.3 Å². The molecule has 174 valence electrons. The number of hydrogen-bond donors (Lipinski definition) is 2. The smallest absolute Gasteiger partial charge is 0.348 e. The third-order valence-corrected chi connectivity index (χ3v) is 7.05. The predicted octanol–water partition coefficient (Wildman–Crippen LogP) is 5.88. The molecule has 4 heterocycles. The maximum atomic E-state index is 11.9. The lowest BCUT2D eigenvalue weighted by atomic mass is 10.0. The number of nitrogens with one attached hydrogen (secondary N) is 1. The molecule has 0 saturated carbocycles.